The highest BCUT2D eigenvalue weighted by Crippen LogP contribution is 2.41. The molecule has 0 radical (unpaired) electrons. The molecule has 28 heavy (non-hydrogen) atoms. The lowest BCUT2D eigenvalue weighted by Crippen LogP contribution is -2.24. The van der Waals surface area contributed by atoms with Crippen molar-refractivity contribution in [1.29, 1.82) is 0 Å². The van der Waals surface area contributed by atoms with E-state index in [1.165, 1.54) is 11.8 Å². The van der Waals surface area contributed by atoms with Gasteiger partial charge in [-0.3, -0.25) is 24.4 Å². The molecule has 1 aromatic carbocycles. The number of carbonyl (C=O) groups is 1. The van der Waals surface area contributed by atoms with Gasteiger partial charge in [0.1, 0.15) is 5.82 Å². The zero-order valence-electron chi connectivity index (χ0n) is 15.2. The maximum atomic E-state index is 12.9. The number of anilines is 1. The molecule has 5 rings (SSSR count). The number of hydrogen-bond donors (Lipinski definition) is 2. The van der Waals surface area contributed by atoms with E-state index in [0.717, 1.165) is 29.3 Å². The van der Waals surface area contributed by atoms with Crippen LogP contribution >= 0.6 is 11.8 Å². The Morgan fingerprint density at radius 1 is 1.18 bits per heavy atom. The number of H-pyrrole nitrogens is 1. The zero-order valence-corrected chi connectivity index (χ0v) is 16.0. The Bertz CT molecular complexity index is 1100. The van der Waals surface area contributed by atoms with Crippen molar-refractivity contribution in [3.05, 3.63) is 58.0 Å². The lowest BCUT2D eigenvalue weighted by molar-refractivity contribution is -0.113. The maximum absolute atomic E-state index is 12.9. The average Bonchev–Trinajstić information content (AvgIpc) is 2.93. The van der Waals surface area contributed by atoms with Gasteiger partial charge in [-0.2, -0.15) is 0 Å². The third-order valence-electron chi connectivity index (χ3n) is 5.35. The highest BCUT2D eigenvalue weighted by Gasteiger charge is 2.32. The number of benzene rings is 1. The topological polar surface area (TPSA) is 89.0 Å². The summed E-state index contributed by atoms with van der Waals surface area (Å²) in [7, 11) is 0. The molecular formula is C20H20N4O3S. The summed E-state index contributed by atoms with van der Waals surface area (Å²) in [5, 5.41) is 6.74. The van der Waals surface area contributed by atoms with Crippen molar-refractivity contribution >= 4 is 34.4 Å². The second-order valence-corrected chi connectivity index (χ2v) is 8.20. The lowest BCUT2D eigenvalue weighted by Gasteiger charge is -2.25. The molecule has 7 nitrogen and oxygen atoms in total. The molecule has 1 saturated heterocycles. The first-order valence-corrected chi connectivity index (χ1v) is 10.4. The Balaban J connectivity index is 1.63. The van der Waals surface area contributed by atoms with Crippen molar-refractivity contribution in [3.63, 3.8) is 0 Å². The minimum atomic E-state index is -0.219. The molecule has 0 unspecified atom stereocenters. The van der Waals surface area contributed by atoms with Crippen LogP contribution in [0.25, 0.3) is 10.9 Å². The van der Waals surface area contributed by atoms with Gasteiger partial charge in [-0.25, -0.2) is 0 Å². The van der Waals surface area contributed by atoms with Crippen LogP contribution in [0.15, 0.2) is 41.3 Å². The van der Waals surface area contributed by atoms with E-state index in [-0.39, 0.29) is 22.8 Å². The second kappa shape index (κ2) is 7.10. The summed E-state index contributed by atoms with van der Waals surface area (Å²) in [6, 6.07) is 10.1. The Labute approximate surface area is 165 Å². The van der Waals surface area contributed by atoms with Gasteiger partial charge in [-0.1, -0.05) is 12.1 Å². The van der Waals surface area contributed by atoms with Crippen molar-refractivity contribution < 1.29 is 9.53 Å². The molecule has 3 aromatic rings. The zero-order chi connectivity index (χ0) is 19.1. The highest BCUT2D eigenvalue weighted by molar-refractivity contribution is 8.00. The monoisotopic (exact) mass is 396 g/mol. The summed E-state index contributed by atoms with van der Waals surface area (Å²) in [5.74, 6) is 0.816. The Kier molecular flexibility index (Phi) is 4.44. The summed E-state index contributed by atoms with van der Waals surface area (Å²) in [6.07, 6.45) is 3.39. The summed E-state index contributed by atoms with van der Waals surface area (Å²) in [4.78, 5) is 29.7. The number of aromatic amines is 1. The fraction of sp³-hybridized carbons (Fsp3) is 0.350. The third-order valence-corrected chi connectivity index (χ3v) is 6.62. The van der Waals surface area contributed by atoms with Gasteiger partial charge in [0.25, 0.3) is 5.56 Å². The number of amides is 1. The molecule has 2 aromatic heterocycles. The van der Waals surface area contributed by atoms with Crippen LogP contribution in [0.1, 0.15) is 35.3 Å². The number of aromatic nitrogens is 3. The van der Waals surface area contributed by atoms with Crippen molar-refractivity contribution in [2.45, 2.75) is 24.1 Å². The number of pyridine rings is 1. The molecule has 0 bridgehead atoms. The molecule has 144 valence electrons. The van der Waals surface area contributed by atoms with Gasteiger partial charge >= 0.3 is 0 Å². The van der Waals surface area contributed by atoms with E-state index in [1.54, 1.807) is 6.20 Å². The predicted octanol–water partition coefficient (Wildman–Crippen LogP) is 2.85. The molecule has 2 aliphatic heterocycles. The highest BCUT2D eigenvalue weighted by atomic mass is 32.2. The molecule has 0 saturated carbocycles. The SMILES string of the molecule is O=C1CS[C@H](c2ccc3ncccc3c2)c2c(n(C3CCOCC3)[nH]c2=O)N1. The number of rotatable bonds is 2. The summed E-state index contributed by atoms with van der Waals surface area (Å²) >= 11 is 1.48. The number of fused-ring (bicyclic) bond motifs is 2. The molecule has 1 amide bonds. The van der Waals surface area contributed by atoms with Gasteiger partial charge in [0.15, 0.2) is 0 Å². The normalized spacial score (nSPS) is 20.6. The van der Waals surface area contributed by atoms with E-state index in [2.05, 4.69) is 21.5 Å². The van der Waals surface area contributed by atoms with E-state index in [0.29, 0.717) is 30.3 Å². The summed E-state index contributed by atoms with van der Waals surface area (Å²) < 4.78 is 7.29. The summed E-state index contributed by atoms with van der Waals surface area (Å²) in [5.41, 5.74) is 2.38. The molecule has 2 N–H and O–H groups in total. The molecule has 0 spiro atoms. The van der Waals surface area contributed by atoms with Gasteiger partial charge in [0.2, 0.25) is 5.91 Å². The van der Waals surface area contributed by atoms with E-state index >= 15 is 0 Å². The lowest BCUT2D eigenvalue weighted by atomic mass is 10.0. The van der Waals surface area contributed by atoms with Gasteiger partial charge < -0.3 is 10.1 Å². The number of nitrogens with one attached hydrogen (secondary N) is 2. The maximum Gasteiger partial charge on any atom is 0.270 e. The minimum Gasteiger partial charge on any atom is -0.381 e. The van der Waals surface area contributed by atoms with Crippen LogP contribution in [0.2, 0.25) is 0 Å². The molecular weight excluding hydrogens is 376 g/mol. The van der Waals surface area contributed by atoms with E-state index < -0.39 is 0 Å². The number of thioether (sulfide) groups is 1. The largest absolute Gasteiger partial charge is 0.381 e. The smallest absolute Gasteiger partial charge is 0.270 e. The van der Waals surface area contributed by atoms with Crippen molar-refractivity contribution in [2.24, 2.45) is 0 Å². The number of nitrogens with zero attached hydrogens (tertiary/aromatic N) is 2. The standard InChI is InChI=1S/C20H20N4O3S/c25-16-11-28-18(13-3-4-15-12(10-13)2-1-7-21-15)17-19(22-16)24(23-20(17)26)14-5-8-27-9-6-14/h1-4,7,10,14,18H,5-6,8-9,11H2,(H,22,25)(H,23,26)/t18-/m1/s1. The quantitative estimate of drug-likeness (QED) is 0.695. The van der Waals surface area contributed by atoms with Gasteiger partial charge in [0, 0.05) is 24.8 Å². The van der Waals surface area contributed by atoms with Crippen LogP contribution in [-0.4, -0.2) is 39.6 Å². The Morgan fingerprint density at radius 2 is 2.04 bits per heavy atom. The number of hydrogen-bond acceptors (Lipinski definition) is 5. The van der Waals surface area contributed by atoms with Crippen LogP contribution in [0.4, 0.5) is 5.82 Å². The number of ether oxygens (including phenoxy) is 1. The molecule has 1 atom stereocenters. The minimum absolute atomic E-state index is 0.0870. The first-order valence-electron chi connectivity index (χ1n) is 9.39. The molecule has 8 heteroatoms. The first-order chi connectivity index (χ1) is 13.7. The van der Waals surface area contributed by atoms with Gasteiger partial charge in [-0.15, -0.1) is 11.8 Å². The Hall–Kier alpha value is -2.58. The van der Waals surface area contributed by atoms with Crippen LogP contribution < -0.4 is 10.9 Å². The molecule has 1 fully saturated rings. The van der Waals surface area contributed by atoms with Crippen molar-refractivity contribution in [1.82, 2.24) is 14.8 Å². The van der Waals surface area contributed by atoms with Crippen LogP contribution in [0, 0.1) is 0 Å². The predicted molar refractivity (Wildman–Crippen MR) is 109 cm³/mol. The number of carbonyl (C=O) groups excluding carboxylic acids is 1. The second-order valence-electron chi connectivity index (χ2n) is 7.11. The average molecular weight is 396 g/mol. The fourth-order valence-corrected chi connectivity index (χ4v) is 5.10. The van der Waals surface area contributed by atoms with Crippen LogP contribution in [-0.2, 0) is 9.53 Å². The van der Waals surface area contributed by atoms with E-state index in [4.69, 9.17) is 4.74 Å². The molecule has 0 aliphatic carbocycles. The third kappa shape index (κ3) is 3.02. The van der Waals surface area contributed by atoms with Gasteiger partial charge in [-0.05, 0) is 36.6 Å². The Morgan fingerprint density at radius 3 is 2.89 bits per heavy atom. The van der Waals surface area contributed by atoms with Crippen LogP contribution in [0.3, 0.4) is 0 Å². The first kappa shape index (κ1) is 17.5. The van der Waals surface area contributed by atoms with E-state index in [9.17, 15) is 9.59 Å². The molecule has 2 aliphatic rings. The van der Waals surface area contributed by atoms with Crippen molar-refractivity contribution in [3.8, 4) is 0 Å². The van der Waals surface area contributed by atoms with Crippen molar-refractivity contribution in [2.75, 3.05) is 24.3 Å². The van der Waals surface area contributed by atoms with E-state index in [1.807, 2.05) is 28.9 Å². The van der Waals surface area contributed by atoms with Crippen LogP contribution in [0.5, 0.6) is 0 Å². The van der Waals surface area contributed by atoms with Gasteiger partial charge in [0.05, 0.1) is 28.1 Å². The summed E-state index contributed by atoms with van der Waals surface area (Å²) in [6.45, 7) is 1.31. The molecule has 4 heterocycles. The fourth-order valence-electron chi connectivity index (χ4n) is 3.98.